The van der Waals surface area contributed by atoms with E-state index in [1.54, 1.807) is 0 Å². The number of ether oxygens (including phenoxy) is 2. The van der Waals surface area contributed by atoms with Crippen molar-refractivity contribution < 1.29 is 19.1 Å². The molecule has 0 saturated carbocycles. The second kappa shape index (κ2) is 6.26. The van der Waals surface area contributed by atoms with Crippen molar-refractivity contribution in [3.8, 4) is 0 Å². The summed E-state index contributed by atoms with van der Waals surface area (Å²) in [5, 5.41) is 0. The Labute approximate surface area is 153 Å². The molecule has 1 rings (SSSR count). The molecule has 3 atom stereocenters. The van der Waals surface area contributed by atoms with E-state index in [0.717, 1.165) is 6.42 Å². The SMILES string of the molecule is CCC1(C)N(C)C1(C(=O)OCC(=O)OC(C)(C)C(C)(C)C)C(C)(C)C. The van der Waals surface area contributed by atoms with Crippen LogP contribution in [0.25, 0.3) is 0 Å². The van der Waals surface area contributed by atoms with Crippen LogP contribution in [0.15, 0.2) is 0 Å². The van der Waals surface area contributed by atoms with Gasteiger partial charge in [-0.3, -0.25) is 4.90 Å². The third kappa shape index (κ3) is 3.32. The molecule has 0 N–H and O–H groups in total. The first kappa shape index (κ1) is 21.9. The van der Waals surface area contributed by atoms with Crippen molar-refractivity contribution in [2.45, 2.75) is 92.3 Å². The molecule has 1 saturated heterocycles. The van der Waals surface area contributed by atoms with E-state index in [2.05, 4.69) is 18.7 Å². The van der Waals surface area contributed by atoms with Crippen LogP contribution in [0.2, 0.25) is 0 Å². The number of rotatable bonds is 5. The predicted octanol–water partition coefficient (Wildman–Crippen LogP) is 3.80. The molecule has 1 aliphatic heterocycles. The van der Waals surface area contributed by atoms with Crippen molar-refractivity contribution in [3.05, 3.63) is 0 Å². The molecule has 146 valence electrons. The number of hydrogen-bond acceptors (Lipinski definition) is 5. The first-order valence-electron chi connectivity index (χ1n) is 9.12. The summed E-state index contributed by atoms with van der Waals surface area (Å²) < 4.78 is 11.0. The average Bonchev–Trinajstić information content (AvgIpc) is 2.92. The van der Waals surface area contributed by atoms with Gasteiger partial charge in [-0.25, -0.2) is 9.59 Å². The van der Waals surface area contributed by atoms with E-state index in [9.17, 15) is 9.59 Å². The van der Waals surface area contributed by atoms with Crippen LogP contribution in [0, 0.1) is 10.8 Å². The van der Waals surface area contributed by atoms with Crippen molar-refractivity contribution in [1.82, 2.24) is 4.90 Å². The molecule has 5 heteroatoms. The Morgan fingerprint density at radius 1 is 1.00 bits per heavy atom. The maximum atomic E-state index is 13.0. The summed E-state index contributed by atoms with van der Waals surface area (Å²) in [4.78, 5) is 27.2. The first-order valence-corrected chi connectivity index (χ1v) is 9.12. The number of esters is 2. The van der Waals surface area contributed by atoms with Gasteiger partial charge >= 0.3 is 11.9 Å². The highest BCUT2D eigenvalue weighted by atomic mass is 16.6. The summed E-state index contributed by atoms with van der Waals surface area (Å²) >= 11 is 0. The standard InChI is InChI=1S/C20H37NO4/c1-12-19(10)20(21(19)11,17(5,6)7)15(23)24-13-14(22)25-18(8,9)16(2,3)4/h12-13H2,1-11H3. The van der Waals surface area contributed by atoms with Gasteiger partial charge in [0.2, 0.25) is 0 Å². The topological polar surface area (TPSA) is 55.6 Å². The Hall–Kier alpha value is -1.10. The minimum atomic E-state index is -0.728. The molecule has 0 aromatic rings. The van der Waals surface area contributed by atoms with Crippen LogP contribution < -0.4 is 0 Å². The van der Waals surface area contributed by atoms with E-state index < -0.39 is 17.1 Å². The molecule has 1 heterocycles. The van der Waals surface area contributed by atoms with Gasteiger partial charge in [0.1, 0.15) is 11.1 Å². The van der Waals surface area contributed by atoms with Crippen LogP contribution in [-0.4, -0.2) is 47.2 Å². The third-order valence-corrected chi connectivity index (χ3v) is 6.54. The summed E-state index contributed by atoms with van der Waals surface area (Å²) in [6, 6.07) is 0. The van der Waals surface area contributed by atoms with Crippen molar-refractivity contribution in [2.24, 2.45) is 10.8 Å². The fourth-order valence-corrected chi connectivity index (χ4v) is 3.86. The smallest absolute Gasteiger partial charge is 0.344 e. The van der Waals surface area contributed by atoms with Gasteiger partial charge in [0.15, 0.2) is 6.61 Å². The van der Waals surface area contributed by atoms with Crippen LogP contribution in [-0.2, 0) is 19.1 Å². The molecule has 0 spiro atoms. The molecular weight excluding hydrogens is 318 g/mol. The maximum absolute atomic E-state index is 13.0. The normalized spacial score (nSPS) is 30.0. The van der Waals surface area contributed by atoms with Crippen LogP contribution >= 0.6 is 0 Å². The average molecular weight is 356 g/mol. The van der Waals surface area contributed by atoms with Crippen LogP contribution in [0.5, 0.6) is 0 Å². The zero-order valence-corrected chi connectivity index (χ0v) is 18.0. The maximum Gasteiger partial charge on any atom is 0.344 e. The summed E-state index contributed by atoms with van der Waals surface area (Å²) in [7, 11) is 1.94. The molecule has 25 heavy (non-hydrogen) atoms. The second-order valence-electron chi connectivity index (χ2n) is 9.96. The summed E-state index contributed by atoms with van der Waals surface area (Å²) in [5.41, 5.74) is -2.16. The Kier molecular flexibility index (Phi) is 5.49. The van der Waals surface area contributed by atoms with E-state index in [1.807, 2.05) is 62.4 Å². The van der Waals surface area contributed by atoms with Crippen molar-refractivity contribution in [2.75, 3.05) is 13.7 Å². The van der Waals surface area contributed by atoms with Gasteiger partial charge in [-0.2, -0.15) is 0 Å². The highest BCUT2D eigenvalue weighted by Gasteiger charge is 2.79. The van der Waals surface area contributed by atoms with Gasteiger partial charge in [0, 0.05) is 11.0 Å². The van der Waals surface area contributed by atoms with Crippen LogP contribution in [0.1, 0.15) is 75.7 Å². The highest BCUT2D eigenvalue weighted by molar-refractivity contribution is 5.90. The second-order valence-corrected chi connectivity index (χ2v) is 9.96. The number of carbonyl (C=O) groups is 2. The molecule has 1 fully saturated rings. The zero-order valence-electron chi connectivity index (χ0n) is 18.0. The summed E-state index contributed by atoms with van der Waals surface area (Å²) in [6.07, 6.45) is 0.831. The highest BCUT2D eigenvalue weighted by Crippen LogP contribution is 2.61. The minimum Gasteiger partial charge on any atom is -0.457 e. The van der Waals surface area contributed by atoms with Crippen molar-refractivity contribution >= 4 is 11.9 Å². The lowest BCUT2D eigenvalue weighted by molar-refractivity contribution is -0.178. The van der Waals surface area contributed by atoms with Gasteiger partial charge in [-0.05, 0) is 39.7 Å². The Morgan fingerprint density at radius 2 is 1.48 bits per heavy atom. The molecule has 0 aliphatic carbocycles. The zero-order chi connectivity index (χ0) is 20.1. The lowest BCUT2D eigenvalue weighted by atomic mass is 9.72. The van der Waals surface area contributed by atoms with Gasteiger partial charge < -0.3 is 9.47 Å². The number of carbonyl (C=O) groups excluding carboxylic acids is 2. The summed E-state index contributed by atoms with van der Waals surface area (Å²) in [5.74, 6) is -0.865. The molecule has 5 nitrogen and oxygen atoms in total. The lowest BCUT2D eigenvalue weighted by Gasteiger charge is -2.38. The van der Waals surface area contributed by atoms with E-state index in [1.165, 1.54) is 0 Å². The van der Waals surface area contributed by atoms with Gasteiger partial charge in [0.05, 0.1) is 0 Å². The van der Waals surface area contributed by atoms with Crippen molar-refractivity contribution in [3.63, 3.8) is 0 Å². The third-order valence-electron chi connectivity index (χ3n) is 6.54. The monoisotopic (exact) mass is 355 g/mol. The Morgan fingerprint density at radius 3 is 1.80 bits per heavy atom. The van der Waals surface area contributed by atoms with E-state index in [0.29, 0.717) is 0 Å². The van der Waals surface area contributed by atoms with Crippen LogP contribution in [0.4, 0.5) is 0 Å². The minimum absolute atomic E-state index is 0.212. The molecule has 3 unspecified atom stereocenters. The van der Waals surface area contributed by atoms with Crippen LogP contribution in [0.3, 0.4) is 0 Å². The molecule has 1 aliphatic rings. The molecule has 0 aromatic heterocycles. The lowest BCUT2D eigenvalue weighted by Crippen LogP contribution is -2.47. The van der Waals surface area contributed by atoms with E-state index in [-0.39, 0.29) is 28.9 Å². The molecule has 0 amide bonds. The Balaban J connectivity index is 2.84. The van der Waals surface area contributed by atoms with Gasteiger partial charge in [-0.15, -0.1) is 0 Å². The molecule has 0 bridgehead atoms. The predicted molar refractivity (Wildman–Crippen MR) is 99.2 cm³/mol. The molecular formula is C20H37NO4. The largest absolute Gasteiger partial charge is 0.457 e. The van der Waals surface area contributed by atoms with E-state index in [4.69, 9.17) is 9.47 Å². The summed E-state index contributed by atoms with van der Waals surface area (Å²) in [6.45, 7) is 19.6. The number of likely N-dealkylation sites (N-methyl/N-ethyl adjacent to an activating group) is 1. The Bertz CT molecular complexity index is 541. The molecule has 0 aromatic carbocycles. The molecule has 0 radical (unpaired) electrons. The van der Waals surface area contributed by atoms with Gasteiger partial charge in [-0.1, -0.05) is 48.5 Å². The van der Waals surface area contributed by atoms with Crippen molar-refractivity contribution in [1.29, 1.82) is 0 Å². The fourth-order valence-electron chi connectivity index (χ4n) is 3.86. The fraction of sp³-hybridized carbons (Fsp3) is 0.900. The quantitative estimate of drug-likeness (QED) is 0.555. The number of hydrogen-bond donors (Lipinski definition) is 0. The van der Waals surface area contributed by atoms with Gasteiger partial charge in [0.25, 0.3) is 0 Å². The first-order chi connectivity index (χ1) is 11.0. The number of nitrogens with zero attached hydrogens (tertiary/aromatic N) is 1. The van der Waals surface area contributed by atoms with E-state index >= 15 is 0 Å².